The molecule has 2 rings (SSSR count). The number of carbonyl (C=O) groups excluding carboxylic acids is 2. The summed E-state index contributed by atoms with van der Waals surface area (Å²) in [7, 11) is 1.19. The van der Waals surface area contributed by atoms with Crippen molar-refractivity contribution in [1.82, 2.24) is 10.3 Å². The van der Waals surface area contributed by atoms with Crippen molar-refractivity contribution in [3.05, 3.63) is 41.4 Å². The van der Waals surface area contributed by atoms with Crippen LogP contribution in [0.3, 0.4) is 0 Å². The zero-order chi connectivity index (χ0) is 15.2. The van der Waals surface area contributed by atoms with E-state index in [-0.39, 0.29) is 5.69 Å². The van der Waals surface area contributed by atoms with Gasteiger partial charge in [0, 0.05) is 10.9 Å². The number of ether oxygens (including phenoxy) is 1. The molecule has 0 saturated carbocycles. The van der Waals surface area contributed by atoms with Crippen molar-refractivity contribution in [3.8, 4) is 10.6 Å². The van der Waals surface area contributed by atoms with Crippen LogP contribution < -0.4 is 5.32 Å². The normalized spacial score (nSPS) is 11.7. The number of amides is 1. The summed E-state index contributed by atoms with van der Waals surface area (Å²) in [5, 5.41) is 13.8. The van der Waals surface area contributed by atoms with E-state index in [0.717, 1.165) is 5.56 Å². The Balaban J connectivity index is 2.11. The SMILES string of the molecule is COC(=O)[C@H](CO)NC(=O)c1csc(-c2ccccc2)n1. The zero-order valence-corrected chi connectivity index (χ0v) is 12.1. The maximum absolute atomic E-state index is 12.0. The summed E-state index contributed by atoms with van der Waals surface area (Å²) in [5.74, 6) is -1.23. The monoisotopic (exact) mass is 306 g/mol. The van der Waals surface area contributed by atoms with E-state index in [9.17, 15) is 9.59 Å². The predicted octanol–water partition coefficient (Wildman–Crippen LogP) is 1.07. The van der Waals surface area contributed by atoms with Crippen molar-refractivity contribution < 1.29 is 19.4 Å². The average molecular weight is 306 g/mol. The third-order valence-electron chi connectivity index (χ3n) is 2.73. The number of aliphatic hydroxyl groups excluding tert-OH is 1. The molecule has 1 aromatic carbocycles. The fourth-order valence-electron chi connectivity index (χ4n) is 1.64. The molecule has 0 aliphatic rings. The number of rotatable bonds is 5. The molecule has 110 valence electrons. The summed E-state index contributed by atoms with van der Waals surface area (Å²) in [4.78, 5) is 27.5. The molecular formula is C14H14N2O4S. The van der Waals surface area contributed by atoms with E-state index < -0.39 is 24.5 Å². The van der Waals surface area contributed by atoms with E-state index in [4.69, 9.17) is 5.11 Å². The molecule has 0 radical (unpaired) electrons. The van der Waals surface area contributed by atoms with Crippen molar-refractivity contribution >= 4 is 23.2 Å². The molecule has 1 aromatic heterocycles. The summed E-state index contributed by atoms with van der Waals surface area (Å²) >= 11 is 1.33. The van der Waals surface area contributed by atoms with Crippen LogP contribution in [0.25, 0.3) is 10.6 Å². The summed E-state index contributed by atoms with van der Waals surface area (Å²) in [6.07, 6.45) is 0. The van der Waals surface area contributed by atoms with Crippen molar-refractivity contribution in [1.29, 1.82) is 0 Å². The van der Waals surface area contributed by atoms with Crippen LogP contribution in [0.5, 0.6) is 0 Å². The van der Waals surface area contributed by atoms with Crippen molar-refractivity contribution in [2.24, 2.45) is 0 Å². The zero-order valence-electron chi connectivity index (χ0n) is 11.3. The highest BCUT2D eigenvalue weighted by Gasteiger charge is 2.22. The number of thiazole rings is 1. The molecule has 1 atom stereocenters. The largest absolute Gasteiger partial charge is 0.467 e. The van der Waals surface area contributed by atoms with E-state index in [0.29, 0.717) is 5.01 Å². The van der Waals surface area contributed by atoms with Gasteiger partial charge in [0.2, 0.25) is 0 Å². The number of carbonyl (C=O) groups is 2. The number of aromatic nitrogens is 1. The lowest BCUT2D eigenvalue weighted by molar-refractivity contribution is -0.143. The van der Waals surface area contributed by atoms with E-state index in [2.05, 4.69) is 15.0 Å². The van der Waals surface area contributed by atoms with Crippen LogP contribution in [-0.4, -0.2) is 41.7 Å². The molecule has 1 amide bonds. The molecule has 0 unspecified atom stereocenters. The number of hydrogen-bond acceptors (Lipinski definition) is 6. The number of esters is 1. The molecule has 0 fully saturated rings. The lowest BCUT2D eigenvalue weighted by atomic mass is 10.2. The van der Waals surface area contributed by atoms with E-state index in [1.54, 1.807) is 5.38 Å². The highest BCUT2D eigenvalue weighted by atomic mass is 32.1. The summed E-state index contributed by atoms with van der Waals surface area (Å²) in [6.45, 7) is -0.534. The summed E-state index contributed by atoms with van der Waals surface area (Å²) in [5.41, 5.74) is 1.11. The third kappa shape index (κ3) is 3.65. The van der Waals surface area contributed by atoms with Gasteiger partial charge in [-0.15, -0.1) is 11.3 Å². The number of methoxy groups -OCH3 is 1. The molecule has 2 aromatic rings. The molecule has 6 nitrogen and oxygen atoms in total. The van der Waals surface area contributed by atoms with Crippen molar-refractivity contribution in [2.45, 2.75) is 6.04 Å². The van der Waals surface area contributed by atoms with Gasteiger partial charge >= 0.3 is 5.97 Å². The second kappa shape index (κ2) is 6.96. The van der Waals surface area contributed by atoms with Crippen LogP contribution in [0.1, 0.15) is 10.5 Å². The van der Waals surface area contributed by atoms with Gasteiger partial charge in [-0.3, -0.25) is 4.79 Å². The van der Waals surface area contributed by atoms with Crippen LogP contribution in [0.2, 0.25) is 0 Å². The van der Waals surface area contributed by atoms with Gasteiger partial charge in [-0.1, -0.05) is 30.3 Å². The fraction of sp³-hybridized carbons (Fsp3) is 0.214. The standard InChI is InChI=1S/C14H14N2O4S/c1-20-14(19)10(7-17)15-12(18)11-8-21-13(16-11)9-5-3-2-4-6-9/h2-6,8,10,17H,7H2,1H3,(H,15,18)/t10-/m0/s1. The number of nitrogens with one attached hydrogen (secondary N) is 1. The van der Waals surface area contributed by atoms with Crippen LogP contribution in [-0.2, 0) is 9.53 Å². The molecule has 0 aliphatic carbocycles. The molecular weight excluding hydrogens is 292 g/mol. The third-order valence-corrected chi connectivity index (χ3v) is 3.62. The maximum atomic E-state index is 12.0. The topological polar surface area (TPSA) is 88.5 Å². The molecule has 21 heavy (non-hydrogen) atoms. The second-order valence-electron chi connectivity index (χ2n) is 4.14. The highest BCUT2D eigenvalue weighted by molar-refractivity contribution is 7.13. The number of hydrogen-bond donors (Lipinski definition) is 2. The Hall–Kier alpha value is -2.25. The Morgan fingerprint density at radius 2 is 2.10 bits per heavy atom. The number of benzene rings is 1. The van der Waals surface area contributed by atoms with Gasteiger partial charge in [0.25, 0.3) is 5.91 Å². The molecule has 0 spiro atoms. The molecule has 2 N–H and O–H groups in total. The van der Waals surface area contributed by atoms with Crippen molar-refractivity contribution in [2.75, 3.05) is 13.7 Å². The van der Waals surface area contributed by atoms with Crippen LogP contribution in [0.15, 0.2) is 35.7 Å². The molecule has 7 heteroatoms. The lowest BCUT2D eigenvalue weighted by Crippen LogP contribution is -2.44. The first kappa shape index (κ1) is 15.1. The maximum Gasteiger partial charge on any atom is 0.330 e. The first-order valence-electron chi connectivity index (χ1n) is 6.16. The van der Waals surface area contributed by atoms with Crippen LogP contribution >= 0.6 is 11.3 Å². The van der Waals surface area contributed by atoms with Gasteiger partial charge in [-0.05, 0) is 0 Å². The van der Waals surface area contributed by atoms with E-state index >= 15 is 0 Å². The molecule has 1 heterocycles. The first-order valence-corrected chi connectivity index (χ1v) is 7.04. The Morgan fingerprint density at radius 3 is 2.71 bits per heavy atom. The number of aliphatic hydroxyl groups is 1. The quantitative estimate of drug-likeness (QED) is 0.807. The molecule has 0 bridgehead atoms. The Kier molecular flexibility index (Phi) is 5.02. The number of nitrogens with zero attached hydrogens (tertiary/aromatic N) is 1. The second-order valence-corrected chi connectivity index (χ2v) is 4.99. The van der Waals surface area contributed by atoms with Crippen LogP contribution in [0, 0.1) is 0 Å². The van der Waals surface area contributed by atoms with Gasteiger partial charge < -0.3 is 15.2 Å². The summed E-state index contributed by atoms with van der Waals surface area (Å²) < 4.78 is 4.48. The lowest BCUT2D eigenvalue weighted by Gasteiger charge is -2.12. The van der Waals surface area contributed by atoms with Crippen molar-refractivity contribution in [3.63, 3.8) is 0 Å². The van der Waals surface area contributed by atoms with E-state index in [1.165, 1.54) is 18.4 Å². The Labute approximate surface area is 125 Å². The highest BCUT2D eigenvalue weighted by Crippen LogP contribution is 2.23. The Bertz CT molecular complexity index is 627. The fourth-order valence-corrected chi connectivity index (χ4v) is 2.45. The predicted molar refractivity (Wildman–Crippen MR) is 77.9 cm³/mol. The van der Waals surface area contributed by atoms with Gasteiger partial charge in [0.1, 0.15) is 10.7 Å². The first-order chi connectivity index (χ1) is 10.2. The minimum Gasteiger partial charge on any atom is -0.467 e. The van der Waals surface area contributed by atoms with E-state index in [1.807, 2.05) is 30.3 Å². The minimum absolute atomic E-state index is 0.196. The van der Waals surface area contributed by atoms with Crippen LogP contribution in [0.4, 0.5) is 0 Å². The smallest absolute Gasteiger partial charge is 0.330 e. The molecule has 0 saturated heterocycles. The summed E-state index contributed by atoms with van der Waals surface area (Å²) in [6, 6.07) is 8.36. The Morgan fingerprint density at radius 1 is 1.38 bits per heavy atom. The average Bonchev–Trinajstić information content (AvgIpc) is 3.02. The minimum atomic E-state index is -1.09. The van der Waals surface area contributed by atoms with Gasteiger partial charge in [-0.2, -0.15) is 0 Å². The molecule has 0 aliphatic heterocycles. The van der Waals surface area contributed by atoms with Gasteiger partial charge in [0.15, 0.2) is 6.04 Å². The van der Waals surface area contributed by atoms with Gasteiger partial charge in [0.05, 0.1) is 13.7 Å². The van der Waals surface area contributed by atoms with Gasteiger partial charge in [-0.25, -0.2) is 9.78 Å².